The van der Waals surface area contributed by atoms with E-state index in [4.69, 9.17) is 5.11 Å². The van der Waals surface area contributed by atoms with E-state index in [0.717, 1.165) is 28.7 Å². The van der Waals surface area contributed by atoms with Gasteiger partial charge in [0, 0.05) is 12.1 Å². The van der Waals surface area contributed by atoms with Gasteiger partial charge in [-0.15, -0.1) is 0 Å². The lowest BCUT2D eigenvalue weighted by Gasteiger charge is -2.32. The van der Waals surface area contributed by atoms with E-state index in [1.807, 2.05) is 30.3 Å². The van der Waals surface area contributed by atoms with E-state index in [-0.39, 0.29) is 16.9 Å². The fourth-order valence-corrected chi connectivity index (χ4v) is 4.02. The van der Waals surface area contributed by atoms with Crippen molar-refractivity contribution < 1.29 is 14.7 Å². The maximum Gasteiger partial charge on any atom is 0.335 e. The summed E-state index contributed by atoms with van der Waals surface area (Å²) in [4.78, 5) is 23.8. The Morgan fingerprint density at radius 1 is 0.935 bits per heavy atom. The van der Waals surface area contributed by atoms with Gasteiger partial charge in [-0.1, -0.05) is 68.5 Å². The first-order valence-electron chi connectivity index (χ1n) is 10.4. The molecule has 1 aliphatic rings. The summed E-state index contributed by atoms with van der Waals surface area (Å²) in [5.41, 5.74) is 6.35. The normalized spacial score (nSPS) is 14.3. The molecule has 0 fully saturated rings. The number of hydrogen-bond acceptors (Lipinski definition) is 2. The Morgan fingerprint density at radius 2 is 1.61 bits per heavy atom. The van der Waals surface area contributed by atoms with Gasteiger partial charge in [0.15, 0.2) is 0 Å². The van der Waals surface area contributed by atoms with Gasteiger partial charge < -0.3 is 10.4 Å². The van der Waals surface area contributed by atoms with Crippen LogP contribution in [0.25, 0.3) is 5.57 Å². The topological polar surface area (TPSA) is 66.4 Å². The third-order valence-corrected chi connectivity index (χ3v) is 5.86. The minimum atomic E-state index is -0.963. The van der Waals surface area contributed by atoms with Gasteiger partial charge in [-0.05, 0) is 63.9 Å². The van der Waals surface area contributed by atoms with Gasteiger partial charge in [0.05, 0.1) is 5.56 Å². The Hall–Kier alpha value is -3.66. The van der Waals surface area contributed by atoms with Crippen LogP contribution in [-0.4, -0.2) is 17.0 Å². The van der Waals surface area contributed by atoms with Crippen LogP contribution in [0.2, 0.25) is 0 Å². The van der Waals surface area contributed by atoms with Crippen molar-refractivity contribution in [2.45, 2.75) is 32.2 Å². The molecule has 2 N–H and O–H groups in total. The number of hydrogen-bond donors (Lipinski definition) is 2. The standard InChI is InChI=1S/C27H25NO3/c1-27(2)15-14-22(19-6-4-3-5-7-19)23-16-21(12-13-24(23)27)25(29)28-17-18-8-10-20(11-9-18)26(30)31/h3-14,16H,15,17H2,1-2H3,(H,28,29)(H,30,31). The molecule has 0 atom stereocenters. The average Bonchev–Trinajstić information content (AvgIpc) is 2.78. The molecule has 0 aliphatic heterocycles. The highest BCUT2D eigenvalue weighted by molar-refractivity contribution is 5.96. The largest absolute Gasteiger partial charge is 0.478 e. The maximum absolute atomic E-state index is 12.9. The maximum atomic E-state index is 12.9. The minimum Gasteiger partial charge on any atom is -0.478 e. The first kappa shape index (κ1) is 20.6. The molecule has 0 spiro atoms. The molecule has 31 heavy (non-hydrogen) atoms. The molecule has 0 heterocycles. The number of amides is 1. The highest BCUT2D eigenvalue weighted by Gasteiger charge is 2.29. The molecular weight excluding hydrogens is 386 g/mol. The lowest BCUT2D eigenvalue weighted by molar-refractivity contribution is 0.0696. The molecule has 4 rings (SSSR count). The van der Waals surface area contributed by atoms with Crippen LogP contribution in [0.4, 0.5) is 0 Å². The Balaban J connectivity index is 1.58. The molecule has 156 valence electrons. The first-order valence-corrected chi connectivity index (χ1v) is 10.4. The number of allylic oxidation sites excluding steroid dienone is 1. The second-order valence-corrected chi connectivity index (χ2v) is 8.52. The van der Waals surface area contributed by atoms with Crippen LogP contribution >= 0.6 is 0 Å². The van der Waals surface area contributed by atoms with Crippen LogP contribution in [-0.2, 0) is 12.0 Å². The first-order chi connectivity index (χ1) is 14.8. The molecule has 1 amide bonds. The molecule has 0 bridgehead atoms. The molecule has 4 nitrogen and oxygen atoms in total. The zero-order valence-corrected chi connectivity index (χ0v) is 17.7. The highest BCUT2D eigenvalue weighted by Crippen LogP contribution is 2.41. The van der Waals surface area contributed by atoms with Crippen molar-refractivity contribution in [3.63, 3.8) is 0 Å². The summed E-state index contributed by atoms with van der Waals surface area (Å²) in [5.74, 6) is -1.12. The quantitative estimate of drug-likeness (QED) is 0.588. The summed E-state index contributed by atoms with van der Waals surface area (Å²) in [6, 6.07) is 22.7. The highest BCUT2D eigenvalue weighted by atomic mass is 16.4. The Kier molecular flexibility index (Phi) is 5.47. The van der Waals surface area contributed by atoms with Gasteiger partial charge in [-0.25, -0.2) is 4.79 Å². The summed E-state index contributed by atoms with van der Waals surface area (Å²) in [6.45, 7) is 4.79. The van der Waals surface area contributed by atoms with Crippen LogP contribution in [0.5, 0.6) is 0 Å². The lowest BCUT2D eigenvalue weighted by atomic mass is 9.72. The molecule has 0 saturated heterocycles. The number of rotatable bonds is 5. The Labute approximate surface area is 182 Å². The number of carboxylic acid groups (broad SMARTS) is 1. The van der Waals surface area contributed by atoms with E-state index in [0.29, 0.717) is 12.1 Å². The molecule has 3 aromatic rings. The molecule has 0 radical (unpaired) electrons. The van der Waals surface area contributed by atoms with Crippen molar-refractivity contribution >= 4 is 17.4 Å². The summed E-state index contributed by atoms with van der Waals surface area (Å²) >= 11 is 0. The zero-order valence-electron chi connectivity index (χ0n) is 17.7. The summed E-state index contributed by atoms with van der Waals surface area (Å²) in [6.07, 6.45) is 3.21. The fourth-order valence-electron chi connectivity index (χ4n) is 4.02. The van der Waals surface area contributed by atoms with Gasteiger partial charge in [-0.3, -0.25) is 4.79 Å². The third-order valence-electron chi connectivity index (χ3n) is 5.86. The van der Waals surface area contributed by atoms with Crippen molar-refractivity contribution in [3.05, 3.63) is 112 Å². The molecule has 0 saturated carbocycles. The van der Waals surface area contributed by atoms with E-state index >= 15 is 0 Å². The van der Waals surface area contributed by atoms with Crippen molar-refractivity contribution in [2.75, 3.05) is 0 Å². The van der Waals surface area contributed by atoms with Crippen molar-refractivity contribution in [1.29, 1.82) is 0 Å². The second-order valence-electron chi connectivity index (χ2n) is 8.52. The fraction of sp³-hybridized carbons (Fsp3) is 0.185. The van der Waals surface area contributed by atoms with E-state index in [9.17, 15) is 9.59 Å². The van der Waals surface area contributed by atoms with Crippen LogP contribution in [0.3, 0.4) is 0 Å². The lowest BCUT2D eigenvalue weighted by Crippen LogP contribution is -2.25. The average molecular weight is 412 g/mol. The summed E-state index contributed by atoms with van der Waals surface area (Å²) < 4.78 is 0. The van der Waals surface area contributed by atoms with Crippen molar-refractivity contribution in [3.8, 4) is 0 Å². The number of carbonyl (C=O) groups is 2. The molecule has 0 unspecified atom stereocenters. The molecule has 1 aliphatic carbocycles. The number of aromatic carboxylic acids is 1. The second kappa shape index (κ2) is 8.23. The molecule has 4 heteroatoms. The third kappa shape index (κ3) is 4.29. The summed E-state index contributed by atoms with van der Waals surface area (Å²) in [7, 11) is 0. The van der Waals surface area contributed by atoms with Gasteiger partial charge >= 0.3 is 5.97 Å². The van der Waals surface area contributed by atoms with E-state index in [1.54, 1.807) is 24.3 Å². The van der Waals surface area contributed by atoms with Gasteiger partial charge in [0.25, 0.3) is 5.91 Å². The van der Waals surface area contributed by atoms with Gasteiger partial charge in [-0.2, -0.15) is 0 Å². The number of carboxylic acids is 1. The van der Waals surface area contributed by atoms with Crippen molar-refractivity contribution in [1.82, 2.24) is 5.32 Å². The van der Waals surface area contributed by atoms with Gasteiger partial charge in [0.1, 0.15) is 0 Å². The van der Waals surface area contributed by atoms with Crippen LogP contribution in [0.15, 0.2) is 78.9 Å². The van der Waals surface area contributed by atoms with E-state index < -0.39 is 5.97 Å². The van der Waals surface area contributed by atoms with E-state index in [2.05, 4.69) is 43.4 Å². The Morgan fingerprint density at radius 3 is 2.29 bits per heavy atom. The number of nitrogens with one attached hydrogen (secondary N) is 1. The molecule has 0 aromatic heterocycles. The molecular formula is C27H25NO3. The number of fused-ring (bicyclic) bond motifs is 1. The zero-order chi connectivity index (χ0) is 22.0. The van der Waals surface area contributed by atoms with E-state index in [1.165, 1.54) is 5.56 Å². The minimum absolute atomic E-state index is 0.00844. The number of benzene rings is 3. The van der Waals surface area contributed by atoms with Crippen LogP contribution < -0.4 is 5.32 Å². The smallest absolute Gasteiger partial charge is 0.335 e. The summed E-state index contributed by atoms with van der Waals surface area (Å²) in [5, 5.41) is 11.9. The van der Waals surface area contributed by atoms with Crippen LogP contribution in [0.1, 0.15) is 63.2 Å². The van der Waals surface area contributed by atoms with Crippen molar-refractivity contribution in [2.24, 2.45) is 0 Å². The predicted octanol–water partition coefficient (Wildman–Crippen LogP) is 5.43. The molecule has 3 aromatic carbocycles. The Bertz CT molecular complexity index is 1160. The SMILES string of the molecule is CC1(C)CC=C(c2ccccc2)c2cc(C(=O)NCc3ccc(C(=O)O)cc3)ccc21. The van der Waals surface area contributed by atoms with Gasteiger partial charge in [0.2, 0.25) is 0 Å². The number of carbonyl (C=O) groups excluding carboxylic acids is 1. The monoisotopic (exact) mass is 411 g/mol. The predicted molar refractivity (Wildman–Crippen MR) is 122 cm³/mol. The van der Waals surface area contributed by atoms with Crippen LogP contribution in [0, 0.1) is 0 Å².